The summed E-state index contributed by atoms with van der Waals surface area (Å²) >= 11 is 0. The first-order chi connectivity index (χ1) is 7.79. The summed E-state index contributed by atoms with van der Waals surface area (Å²) < 4.78 is 38.3. The molecule has 3 rings (SSSR count). The van der Waals surface area contributed by atoms with Crippen molar-refractivity contribution in [1.82, 2.24) is 0 Å². The molecule has 1 aliphatic heterocycles. The zero-order valence-electron chi connectivity index (χ0n) is 10.5. The molecule has 0 aromatic carbocycles. The second kappa shape index (κ2) is 3.41. The van der Waals surface area contributed by atoms with E-state index in [-0.39, 0.29) is 30.1 Å². The van der Waals surface area contributed by atoms with Crippen LogP contribution in [-0.2, 0) is 9.47 Å². The molecule has 17 heavy (non-hydrogen) atoms. The lowest BCUT2D eigenvalue weighted by atomic mass is 9.94. The highest BCUT2D eigenvalue weighted by Crippen LogP contribution is 2.56. The first kappa shape index (κ1) is 11.8. The third-order valence-electron chi connectivity index (χ3n) is 4.39. The van der Waals surface area contributed by atoms with Crippen LogP contribution in [-0.4, -0.2) is 24.9 Å². The highest BCUT2D eigenvalue weighted by atomic mass is 19.3. The fraction of sp³-hybridized carbons (Fsp3) is 1.00. The number of fused-ring (bicyclic) bond motifs is 1. The molecular weight excluding hydrogens is 226 g/mol. The van der Waals surface area contributed by atoms with Gasteiger partial charge in [-0.1, -0.05) is 13.8 Å². The zero-order chi connectivity index (χ0) is 12.3. The van der Waals surface area contributed by atoms with E-state index in [2.05, 4.69) is 13.8 Å². The Hall–Kier alpha value is -0.220. The second-order valence-electron chi connectivity index (χ2n) is 6.84. The van der Waals surface area contributed by atoms with Crippen LogP contribution < -0.4 is 0 Å². The topological polar surface area (TPSA) is 18.5 Å². The molecule has 0 N–H and O–H groups in total. The summed E-state index contributed by atoms with van der Waals surface area (Å²) in [5.41, 5.74) is 0.0485. The van der Waals surface area contributed by atoms with Crippen LogP contribution in [0.5, 0.6) is 0 Å². The summed E-state index contributed by atoms with van der Waals surface area (Å²) in [5.74, 6) is -2.82. The van der Waals surface area contributed by atoms with Gasteiger partial charge in [0.15, 0.2) is 5.79 Å². The predicted octanol–water partition coefficient (Wildman–Crippen LogP) is 3.21. The lowest BCUT2D eigenvalue weighted by molar-refractivity contribution is -0.298. The fourth-order valence-corrected chi connectivity index (χ4v) is 3.52. The number of rotatable bonds is 0. The third-order valence-corrected chi connectivity index (χ3v) is 4.39. The van der Waals surface area contributed by atoms with Gasteiger partial charge in [-0.25, -0.2) is 8.78 Å². The SMILES string of the molecule is CC1(C)COC2(C[C@H]3CC(F)(F)C[C@H]3C2)OC1. The molecule has 0 unspecified atom stereocenters. The molecule has 4 heteroatoms. The van der Waals surface area contributed by atoms with E-state index in [0.29, 0.717) is 26.1 Å². The number of alkyl halides is 2. The van der Waals surface area contributed by atoms with Gasteiger partial charge in [0, 0.05) is 31.1 Å². The third kappa shape index (κ3) is 2.10. The van der Waals surface area contributed by atoms with Crippen LogP contribution in [0.3, 0.4) is 0 Å². The van der Waals surface area contributed by atoms with Crippen LogP contribution in [0.15, 0.2) is 0 Å². The molecule has 0 aromatic rings. The summed E-state index contributed by atoms with van der Waals surface area (Å²) in [4.78, 5) is 0. The van der Waals surface area contributed by atoms with Gasteiger partial charge >= 0.3 is 0 Å². The van der Waals surface area contributed by atoms with Crippen molar-refractivity contribution in [3.63, 3.8) is 0 Å². The molecule has 2 nitrogen and oxygen atoms in total. The smallest absolute Gasteiger partial charge is 0.248 e. The van der Waals surface area contributed by atoms with E-state index in [1.807, 2.05) is 0 Å². The van der Waals surface area contributed by atoms with Gasteiger partial charge in [0.2, 0.25) is 5.92 Å². The number of hydrogen-bond acceptors (Lipinski definition) is 2. The van der Waals surface area contributed by atoms with E-state index >= 15 is 0 Å². The van der Waals surface area contributed by atoms with E-state index < -0.39 is 11.7 Å². The normalized spacial score (nSPS) is 41.6. The van der Waals surface area contributed by atoms with E-state index in [9.17, 15) is 8.78 Å². The summed E-state index contributed by atoms with van der Waals surface area (Å²) in [5, 5.41) is 0. The molecule has 98 valence electrons. The number of hydrogen-bond donors (Lipinski definition) is 0. The lowest BCUT2D eigenvalue weighted by Crippen LogP contribution is -2.46. The van der Waals surface area contributed by atoms with Gasteiger partial charge in [-0.2, -0.15) is 0 Å². The predicted molar refractivity (Wildman–Crippen MR) is 58.8 cm³/mol. The Labute approximate surface area is 101 Å². The van der Waals surface area contributed by atoms with E-state index in [1.54, 1.807) is 0 Å². The maximum Gasteiger partial charge on any atom is 0.248 e. The molecule has 3 aliphatic rings. The minimum Gasteiger partial charge on any atom is -0.349 e. The molecule has 2 atom stereocenters. The molecular formula is C13H20F2O2. The maximum absolute atomic E-state index is 13.3. The largest absolute Gasteiger partial charge is 0.349 e. The maximum atomic E-state index is 13.3. The van der Waals surface area contributed by atoms with Crippen LogP contribution >= 0.6 is 0 Å². The van der Waals surface area contributed by atoms with Gasteiger partial charge in [0.25, 0.3) is 0 Å². The first-order valence-corrected chi connectivity index (χ1v) is 6.45. The van der Waals surface area contributed by atoms with Gasteiger partial charge in [-0.15, -0.1) is 0 Å². The Morgan fingerprint density at radius 1 is 0.882 bits per heavy atom. The molecule has 1 heterocycles. The van der Waals surface area contributed by atoms with Crippen LogP contribution in [0.25, 0.3) is 0 Å². The highest BCUT2D eigenvalue weighted by Gasteiger charge is 2.58. The summed E-state index contributed by atoms with van der Waals surface area (Å²) in [7, 11) is 0. The number of halogens is 2. The molecule has 0 amide bonds. The van der Waals surface area contributed by atoms with Crippen LogP contribution in [0.4, 0.5) is 8.78 Å². The Kier molecular flexibility index (Phi) is 2.38. The Morgan fingerprint density at radius 2 is 1.35 bits per heavy atom. The van der Waals surface area contributed by atoms with Crippen LogP contribution in [0.2, 0.25) is 0 Å². The monoisotopic (exact) mass is 246 g/mol. The van der Waals surface area contributed by atoms with Gasteiger partial charge in [0.1, 0.15) is 0 Å². The summed E-state index contributed by atoms with van der Waals surface area (Å²) in [6.07, 6.45) is 1.36. The van der Waals surface area contributed by atoms with Gasteiger partial charge in [-0.05, 0) is 11.8 Å². The van der Waals surface area contributed by atoms with Crippen molar-refractivity contribution < 1.29 is 18.3 Å². The Bertz CT molecular complexity index is 299. The molecule has 0 bridgehead atoms. The van der Waals surface area contributed by atoms with Crippen molar-refractivity contribution in [3.05, 3.63) is 0 Å². The van der Waals surface area contributed by atoms with Crippen LogP contribution in [0.1, 0.15) is 39.5 Å². The summed E-state index contributed by atoms with van der Waals surface area (Å²) in [6, 6.07) is 0. The zero-order valence-corrected chi connectivity index (χ0v) is 10.5. The Balaban J connectivity index is 1.67. The van der Waals surface area contributed by atoms with Gasteiger partial charge in [0.05, 0.1) is 13.2 Å². The highest BCUT2D eigenvalue weighted by molar-refractivity contribution is 5.00. The van der Waals surface area contributed by atoms with Crippen molar-refractivity contribution in [2.45, 2.75) is 51.2 Å². The van der Waals surface area contributed by atoms with Crippen molar-refractivity contribution >= 4 is 0 Å². The first-order valence-electron chi connectivity index (χ1n) is 6.45. The molecule has 2 saturated carbocycles. The van der Waals surface area contributed by atoms with Crippen molar-refractivity contribution in [2.75, 3.05) is 13.2 Å². The van der Waals surface area contributed by atoms with Crippen molar-refractivity contribution in [3.8, 4) is 0 Å². The van der Waals surface area contributed by atoms with E-state index in [1.165, 1.54) is 0 Å². The average Bonchev–Trinajstić information content (AvgIpc) is 2.62. The Morgan fingerprint density at radius 3 is 1.82 bits per heavy atom. The van der Waals surface area contributed by atoms with E-state index in [0.717, 1.165) is 0 Å². The second-order valence-corrected chi connectivity index (χ2v) is 6.84. The lowest BCUT2D eigenvalue weighted by Gasteiger charge is -2.42. The van der Waals surface area contributed by atoms with Crippen LogP contribution in [0, 0.1) is 17.3 Å². The van der Waals surface area contributed by atoms with Crippen molar-refractivity contribution in [1.29, 1.82) is 0 Å². The van der Waals surface area contributed by atoms with E-state index in [4.69, 9.17) is 9.47 Å². The minimum absolute atomic E-state index is 0.0233. The average molecular weight is 246 g/mol. The molecule has 2 aliphatic carbocycles. The molecule has 0 radical (unpaired) electrons. The standard InChI is InChI=1S/C13H20F2O2/c1-11(2)7-16-13(17-8-11)5-9-3-12(14,15)4-10(9)6-13/h9-10H,3-8H2,1-2H3/t9-,10+. The number of ether oxygens (including phenoxy) is 2. The molecule has 3 fully saturated rings. The van der Waals surface area contributed by atoms with Gasteiger partial charge < -0.3 is 9.47 Å². The molecule has 0 aromatic heterocycles. The quantitative estimate of drug-likeness (QED) is 0.653. The minimum atomic E-state index is -2.45. The molecule has 1 saturated heterocycles. The summed E-state index contributed by atoms with van der Waals surface area (Å²) in [6.45, 7) is 5.54. The van der Waals surface area contributed by atoms with Crippen molar-refractivity contribution in [2.24, 2.45) is 17.3 Å². The van der Waals surface area contributed by atoms with Gasteiger partial charge in [-0.3, -0.25) is 0 Å². The fourth-order valence-electron chi connectivity index (χ4n) is 3.52. The molecule has 1 spiro atoms.